The number of aromatic nitrogens is 1. The molecule has 3 nitrogen and oxygen atoms in total. The smallest absolute Gasteiger partial charge is 0.0988 e. The normalized spacial score (nSPS) is 18.8. The van der Waals surface area contributed by atoms with Gasteiger partial charge in [0.15, 0.2) is 0 Å². The maximum absolute atomic E-state index is 10.5. The quantitative estimate of drug-likeness (QED) is 0.940. The molecule has 3 heterocycles. The number of hydrogen-bond acceptors (Lipinski definition) is 4. The van der Waals surface area contributed by atoms with Crippen LogP contribution in [0.2, 0.25) is 0 Å². The lowest BCUT2D eigenvalue weighted by Gasteiger charge is -2.33. The monoisotopic (exact) mass is 302 g/mol. The lowest BCUT2D eigenvalue weighted by Crippen LogP contribution is -2.35. The van der Waals surface area contributed by atoms with Crippen molar-refractivity contribution in [1.82, 2.24) is 9.88 Å². The van der Waals surface area contributed by atoms with Crippen molar-refractivity contribution in [2.24, 2.45) is 5.92 Å². The maximum atomic E-state index is 10.5. The zero-order valence-corrected chi connectivity index (χ0v) is 13.2. The third-order valence-corrected chi connectivity index (χ3v) is 5.41. The van der Waals surface area contributed by atoms with Crippen LogP contribution < -0.4 is 0 Å². The van der Waals surface area contributed by atoms with E-state index in [2.05, 4.69) is 28.3 Å². The fourth-order valence-corrected chi connectivity index (χ4v) is 3.94. The molecule has 3 rings (SSSR count). The summed E-state index contributed by atoms with van der Waals surface area (Å²) in [6.07, 6.45) is 3.43. The summed E-state index contributed by atoms with van der Waals surface area (Å²) in [4.78, 5) is 8.25. The molecule has 0 spiro atoms. The Morgan fingerprint density at radius 1 is 1.33 bits per heavy atom. The van der Waals surface area contributed by atoms with Crippen LogP contribution in [0.1, 0.15) is 35.1 Å². The van der Waals surface area contributed by atoms with Crippen molar-refractivity contribution in [1.29, 1.82) is 0 Å². The third kappa shape index (κ3) is 3.51. The number of thiophene rings is 1. The van der Waals surface area contributed by atoms with E-state index < -0.39 is 6.10 Å². The van der Waals surface area contributed by atoms with Crippen molar-refractivity contribution in [2.75, 3.05) is 13.1 Å². The van der Waals surface area contributed by atoms with Crippen LogP contribution in [0.3, 0.4) is 0 Å². The summed E-state index contributed by atoms with van der Waals surface area (Å²) in [5, 5.41) is 12.6. The average Bonchev–Trinajstić information content (AvgIpc) is 2.93. The van der Waals surface area contributed by atoms with Crippen molar-refractivity contribution < 1.29 is 5.11 Å². The van der Waals surface area contributed by atoms with Crippen LogP contribution in [0.4, 0.5) is 0 Å². The van der Waals surface area contributed by atoms with Gasteiger partial charge in [-0.25, -0.2) is 0 Å². The summed E-state index contributed by atoms with van der Waals surface area (Å²) in [6.45, 7) is 5.36. The van der Waals surface area contributed by atoms with Gasteiger partial charge in [0.05, 0.1) is 11.8 Å². The van der Waals surface area contributed by atoms with E-state index in [0.29, 0.717) is 5.92 Å². The molecule has 0 radical (unpaired) electrons. The van der Waals surface area contributed by atoms with Gasteiger partial charge in [0, 0.05) is 17.6 Å². The Morgan fingerprint density at radius 3 is 2.76 bits per heavy atom. The number of rotatable bonds is 4. The van der Waals surface area contributed by atoms with Gasteiger partial charge in [0.2, 0.25) is 0 Å². The zero-order chi connectivity index (χ0) is 14.7. The Bertz CT molecular complexity index is 561. The van der Waals surface area contributed by atoms with Gasteiger partial charge in [-0.05, 0) is 67.9 Å². The number of likely N-dealkylation sites (tertiary alicyclic amines) is 1. The average molecular weight is 302 g/mol. The molecule has 1 aliphatic rings. The molecule has 2 aromatic heterocycles. The number of hydrogen-bond donors (Lipinski definition) is 1. The summed E-state index contributed by atoms with van der Waals surface area (Å²) in [6, 6.07) is 7.95. The van der Waals surface area contributed by atoms with E-state index in [-0.39, 0.29) is 0 Å². The van der Waals surface area contributed by atoms with Gasteiger partial charge in [0.25, 0.3) is 0 Å². The van der Waals surface area contributed by atoms with Gasteiger partial charge < -0.3 is 5.11 Å². The molecular weight excluding hydrogens is 280 g/mol. The SMILES string of the molecule is Cc1ccsc1CN1CCC([C@@H](O)c2ccccn2)CC1. The molecule has 0 aliphatic carbocycles. The lowest BCUT2D eigenvalue weighted by atomic mass is 9.89. The maximum Gasteiger partial charge on any atom is 0.0988 e. The van der Waals surface area contributed by atoms with Crippen molar-refractivity contribution in [3.63, 3.8) is 0 Å². The number of pyridine rings is 1. The molecule has 4 heteroatoms. The van der Waals surface area contributed by atoms with Gasteiger partial charge >= 0.3 is 0 Å². The summed E-state index contributed by atoms with van der Waals surface area (Å²) in [7, 11) is 0. The van der Waals surface area contributed by atoms with E-state index in [1.807, 2.05) is 29.5 Å². The topological polar surface area (TPSA) is 36.4 Å². The molecule has 1 saturated heterocycles. The van der Waals surface area contributed by atoms with E-state index in [1.165, 1.54) is 10.4 Å². The van der Waals surface area contributed by atoms with Crippen molar-refractivity contribution in [3.05, 3.63) is 52.0 Å². The Balaban J connectivity index is 1.54. The second kappa shape index (κ2) is 6.69. The third-order valence-electron chi connectivity index (χ3n) is 4.40. The highest BCUT2D eigenvalue weighted by Crippen LogP contribution is 2.30. The molecule has 1 aliphatic heterocycles. The molecule has 1 fully saturated rings. The van der Waals surface area contributed by atoms with Gasteiger partial charge in [-0.15, -0.1) is 11.3 Å². The Hall–Kier alpha value is -1.23. The van der Waals surface area contributed by atoms with Crippen LogP contribution >= 0.6 is 11.3 Å². The van der Waals surface area contributed by atoms with Gasteiger partial charge in [-0.1, -0.05) is 6.07 Å². The highest BCUT2D eigenvalue weighted by Gasteiger charge is 2.27. The fourth-order valence-electron chi connectivity index (χ4n) is 2.99. The zero-order valence-electron chi connectivity index (χ0n) is 12.4. The van der Waals surface area contributed by atoms with E-state index in [9.17, 15) is 5.11 Å². The molecule has 0 bridgehead atoms. The first kappa shape index (κ1) is 14.7. The standard InChI is InChI=1S/C17H22N2OS/c1-13-7-11-21-16(13)12-19-9-5-14(6-10-19)17(20)15-4-2-3-8-18-15/h2-4,7-8,11,14,17,20H,5-6,9-10,12H2,1H3/t17-/m1/s1. The fraction of sp³-hybridized carbons (Fsp3) is 0.471. The minimum atomic E-state index is -0.420. The van der Waals surface area contributed by atoms with Crippen molar-refractivity contribution >= 4 is 11.3 Å². The number of piperidine rings is 1. The van der Waals surface area contributed by atoms with Gasteiger partial charge in [0.1, 0.15) is 0 Å². The Kier molecular flexibility index (Phi) is 4.68. The molecule has 0 aromatic carbocycles. The molecule has 0 saturated carbocycles. The van der Waals surface area contributed by atoms with Crippen molar-refractivity contribution in [2.45, 2.75) is 32.4 Å². The first-order chi connectivity index (χ1) is 10.2. The van der Waals surface area contributed by atoms with Crippen LogP contribution in [-0.2, 0) is 6.54 Å². The van der Waals surface area contributed by atoms with Crippen LogP contribution in [0, 0.1) is 12.8 Å². The second-order valence-electron chi connectivity index (χ2n) is 5.84. The number of nitrogens with zero attached hydrogens (tertiary/aromatic N) is 2. The van der Waals surface area contributed by atoms with Crippen LogP contribution in [0.15, 0.2) is 35.8 Å². The Morgan fingerprint density at radius 2 is 2.14 bits per heavy atom. The molecule has 2 aromatic rings. The molecule has 112 valence electrons. The first-order valence-corrected chi connectivity index (χ1v) is 8.46. The highest BCUT2D eigenvalue weighted by molar-refractivity contribution is 7.10. The number of aliphatic hydroxyl groups is 1. The highest BCUT2D eigenvalue weighted by atomic mass is 32.1. The van der Waals surface area contributed by atoms with Gasteiger partial charge in [-0.3, -0.25) is 9.88 Å². The van der Waals surface area contributed by atoms with Crippen LogP contribution in [-0.4, -0.2) is 28.1 Å². The molecular formula is C17H22N2OS. The summed E-state index contributed by atoms with van der Waals surface area (Å²) >= 11 is 1.85. The molecule has 0 amide bonds. The summed E-state index contributed by atoms with van der Waals surface area (Å²) in [5.74, 6) is 0.334. The second-order valence-corrected chi connectivity index (χ2v) is 6.84. The van der Waals surface area contributed by atoms with Gasteiger partial charge in [-0.2, -0.15) is 0 Å². The van der Waals surface area contributed by atoms with Crippen molar-refractivity contribution in [3.8, 4) is 0 Å². The minimum absolute atomic E-state index is 0.334. The van der Waals surface area contributed by atoms with Crippen LogP contribution in [0.5, 0.6) is 0 Å². The Labute approximate surface area is 130 Å². The predicted octanol–water partition coefficient (Wildman–Crippen LogP) is 3.40. The molecule has 1 N–H and O–H groups in total. The minimum Gasteiger partial charge on any atom is -0.387 e. The van der Waals surface area contributed by atoms with E-state index in [1.54, 1.807) is 6.20 Å². The van der Waals surface area contributed by atoms with Crippen LogP contribution in [0.25, 0.3) is 0 Å². The predicted molar refractivity (Wildman–Crippen MR) is 86.3 cm³/mol. The summed E-state index contributed by atoms with van der Waals surface area (Å²) in [5.41, 5.74) is 2.21. The first-order valence-electron chi connectivity index (χ1n) is 7.58. The van der Waals surface area contributed by atoms with E-state index in [4.69, 9.17) is 0 Å². The van der Waals surface area contributed by atoms with E-state index in [0.717, 1.165) is 38.2 Å². The largest absolute Gasteiger partial charge is 0.387 e. The van der Waals surface area contributed by atoms with E-state index >= 15 is 0 Å². The lowest BCUT2D eigenvalue weighted by molar-refractivity contribution is 0.0542. The summed E-state index contributed by atoms with van der Waals surface area (Å²) < 4.78 is 0. The molecule has 1 atom stereocenters. The number of aryl methyl sites for hydroxylation is 1. The molecule has 21 heavy (non-hydrogen) atoms. The molecule has 0 unspecified atom stereocenters. The number of aliphatic hydroxyl groups excluding tert-OH is 1.